The van der Waals surface area contributed by atoms with Crippen LogP contribution in [-0.4, -0.2) is 40.1 Å². The lowest BCUT2D eigenvalue weighted by Crippen LogP contribution is -2.00. The van der Waals surface area contributed by atoms with Gasteiger partial charge in [0.2, 0.25) is 0 Å². The van der Waals surface area contributed by atoms with Crippen molar-refractivity contribution in [3.8, 4) is 22.9 Å². The molecule has 1 aromatic heterocycles. The topological polar surface area (TPSA) is 86.5 Å². The number of carboxylic acids is 1. The van der Waals surface area contributed by atoms with E-state index in [1.807, 2.05) is 0 Å². The standard InChI is InChI=1S/C12H13N3O4/c1-15-11(13-10(14-15)12(16)17)8-6-7(18-2)4-5-9(8)19-3/h4-6H,1-3H3,(H,16,17). The second-order valence-corrected chi connectivity index (χ2v) is 3.75. The molecule has 0 aliphatic heterocycles. The summed E-state index contributed by atoms with van der Waals surface area (Å²) >= 11 is 0. The number of hydrogen-bond donors (Lipinski definition) is 1. The maximum Gasteiger partial charge on any atom is 0.375 e. The molecule has 1 heterocycles. The van der Waals surface area contributed by atoms with E-state index in [1.54, 1.807) is 32.4 Å². The number of rotatable bonds is 4. The Morgan fingerprint density at radius 1 is 1.32 bits per heavy atom. The highest BCUT2D eigenvalue weighted by Crippen LogP contribution is 2.32. The van der Waals surface area contributed by atoms with Gasteiger partial charge < -0.3 is 14.6 Å². The highest BCUT2D eigenvalue weighted by atomic mass is 16.5. The van der Waals surface area contributed by atoms with E-state index in [-0.39, 0.29) is 5.82 Å². The minimum atomic E-state index is -1.18. The number of nitrogens with zero attached hydrogens (tertiary/aromatic N) is 3. The molecule has 0 spiro atoms. The van der Waals surface area contributed by atoms with Gasteiger partial charge in [0.15, 0.2) is 5.82 Å². The van der Waals surface area contributed by atoms with Crippen LogP contribution in [0, 0.1) is 0 Å². The van der Waals surface area contributed by atoms with E-state index in [1.165, 1.54) is 11.8 Å². The van der Waals surface area contributed by atoms with E-state index < -0.39 is 5.97 Å². The van der Waals surface area contributed by atoms with Gasteiger partial charge in [-0.2, -0.15) is 0 Å². The lowest BCUT2D eigenvalue weighted by atomic mass is 10.1. The number of benzene rings is 1. The maximum atomic E-state index is 10.9. The van der Waals surface area contributed by atoms with Crippen molar-refractivity contribution in [2.45, 2.75) is 0 Å². The SMILES string of the molecule is COc1ccc(OC)c(-c2nc(C(=O)O)nn2C)c1. The molecular formula is C12H13N3O4. The number of hydrogen-bond acceptors (Lipinski definition) is 5. The molecule has 0 unspecified atom stereocenters. The predicted octanol–water partition coefficient (Wildman–Crippen LogP) is 1.20. The molecule has 0 saturated carbocycles. The average molecular weight is 263 g/mol. The molecular weight excluding hydrogens is 250 g/mol. The van der Waals surface area contributed by atoms with E-state index in [9.17, 15) is 4.79 Å². The predicted molar refractivity (Wildman–Crippen MR) is 66.5 cm³/mol. The maximum absolute atomic E-state index is 10.9. The summed E-state index contributed by atoms with van der Waals surface area (Å²) in [7, 11) is 4.69. The van der Waals surface area contributed by atoms with Crippen LogP contribution >= 0.6 is 0 Å². The molecule has 1 aromatic carbocycles. The van der Waals surface area contributed by atoms with Gasteiger partial charge in [-0.25, -0.2) is 14.5 Å². The van der Waals surface area contributed by atoms with Crippen LogP contribution in [0.3, 0.4) is 0 Å². The lowest BCUT2D eigenvalue weighted by Gasteiger charge is -2.09. The van der Waals surface area contributed by atoms with Crippen LogP contribution in [0.25, 0.3) is 11.4 Å². The van der Waals surface area contributed by atoms with Crippen molar-refractivity contribution in [2.75, 3.05) is 14.2 Å². The van der Waals surface area contributed by atoms with Crippen LogP contribution < -0.4 is 9.47 Å². The third-order valence-corrected chi connectivity index (χ3v) is 2.60. The number of aryl methyl sites for hydroxylation is 1. The number of aromatic carboxylic acids is 1. The Labute approximate surface area is 109 Å². The molecule has 19 heavy (non-hydrogen) atoms. The monoisotopic (exact) mass is 263 g/mol. The first kappa shape index (κ1) is 12.9. The first-order valence-electron chi connectivity index (χ1n) is 5.43. The van der Waals surface area contributed by atoms with Gasteiger partial charge in [-0.15, -0.1) is 5.10 Å². The molecule has 0 atom stereocenters. The van der Waals surface area contributed by atoms with Crippen molar-refractivity contribution in [1.29, 1.82) is 0 Å². The Balaban J connectivity index is 2.59. The Morgan fingerprint density at radius 2 is 2.05 bits per heavy atom. The van der Waals surface area contributed by atoms with Crippen molar-refractivity contribution in [3.63, 3.8) is 0 Å². The molecule has 0 bridgehead atoms. The van der Waals surface area contributed by atoms with Gasteiger partial charge in [0.1, 0.15) is 11.5 Å². The van der Waals surface area contributed by atoms with Crippen LogP contribution in [0.1, 0.15) is 10.6 Å². The van der Waals surface area contributed by atoms with Gasteiger partial charge >= 0.3 is 5.97 Å². The van der Waals surface area contributed by atoms with Crippen molar-refractivity contribution < 1.29 is 19.4 Å². The quantitative estimate of drug-likeness (QED) is 0.891. The summed E-state index contributed by atoms with van der Waals surface area (Å²) in [5, 5.41) is 12.7. The van der Waals surface area contributed by atoms with Gasteiger partial charge in [-0.05, 0) is 18.2 Å². The molecule has 2 rings (SSSR count). The Kier molecular flexibility index (Phi) is 3.37. The molecule has 0 fully saturated rings. The van der Waals surface area contributed by atoms with E-state index >= 15 is 0 Å². The number of ether oxygens (including phenoxy) is 2. The van der Waals surface area contributed by atoms with Gasteiger partial charge in [-0.1, -0.05) is 0 Å². The van der Waals surface area contributed by atoms with Crippen LogP contribution in [0.2, 0.25) is 0 Å². The number of carboxylic acid groups (broad SMARTS) is 1. The first-order valence-corrected chi connectivity index (χ1v) is 5.43. The molecule has 7 heteroatoms. The van der Waals surface area contributed by atoms with E-state index in [2.05, 4.69) is 10.1 Å². The summed E-state index contributed by atoms with van der Waals surface area (Å²) in [5.41, 5.74) is 0.615. The summed E-state index contributed by atoms with van der Waals surface area (Å²) in [5.74, 6) is 0.142. The Bertz CT molecular complexity index is 621. The van der Waals surface area contributed by atoms with Gasteiger partial charge in [-0.3, -0.25) is 0 Å². The summed E-state index contributed by atoms with van der Waals surface area (Å²) < 4.78 is 11.8. The second kappa shape index (κ2) is 4.97. The highest BCUT2D eigenvalue weighted by Gasteiger charge is 2.18. The zero-order chi connectivity index (χ0) is 14.0. The van der Waals surface area contributed by atoms with Crippen LogP contribution in [-0.2, 0) is 7.05 Å². The fraction of sp³-hybridized carbons (Fsp3) is 0.250. The van der Waals surface area contributed by atoms with Crippen molar-refractivity contribution in [2.24, 2.45) is 7.05 Å². The third-order valence-electron chi connectivity index (χ3n) is 2.60. The molecule has 100 valence electrons. The minimum absolute atomic E-state index is 0.262. The van der Waals surface area contributed by atoms with E-state index in [0.717, 1.165) is 0 Å². The number of methoxy groups -OCH3 is 2. The molecule has 0 saturated heterocycles. The molecule has 0 aliphatic rings. The fourth-order valence-electron chi connectivity index (χ4n) is 1.70. The lowest BCUT2D eigenvalue weighted by molar-refractivity contribution is 0.0683. The van der Waals surface area contributed by atoms with Gasteiger partial charge in [0.25, 0.3) is 5.82 Å². The van der Waals surface area contributed by atoms with Crippen LogP contribution in [0.15, 0.2) is 18.2 Å². The molecule has 0 aliphatic carbocycles. The van der Waals surface area contributed by atoms with Crippen molar-refractivity contribution >= 4 is 5.97 Å². The summed E-state index contributed by atoms with van der Waals surface area (Å²) in [6.45, 7) is 0. The smallest absolute Gasteiger partial charge is 0.375 e. The normalized spacial score (nSPS) is 10.3. The average Bonchev–Trinajstić information content (AvgIpc) is 2.80. The fourth-order valence-corrected chi connectivity index (χ4v) is 1.70. The number of carbonyl (C=O) groups is 1. The van der Waals surface area contributed by atoms with Crippen LogP contribution in [0.5, 0.6) is 11.5 Å². The second-order valence-electron chi connectivity index (χ2n) is 3.75. The summed E-state index contributed by atoms with van der Waals surface area (Å²) in [6.07, 6.45) is 0. The van der Waals surface area contributed by atoms with Crippen LogP contribution in [0.4, 0.5) is 0 Å². The van der Waals surface area contributed by atoms with E-state index in [4.69, 9.17) is 14.6 Å². The first-order chi connectivity index (χ1) is 9.06. The molecule has 2 aromatic rings. The zero-order valence-electron chi connectivity index (χ0n) is 10.7. The van der Waals surface area contributed by atoms with Gasteiger partial charge in [0.05, 0.1) is 19.8 Å². The van der Waals surface area contributed by atoms with Crippen molar-refractivity contribution in [3.05, 3.63) is 24.0 Å². The Morgan fingerprint density at radius 3 is 2.58 bits per heavy atom. The third kappa shape index (κ3) is 2.35. The molecule has 7 nitrogen and oxygen atoms in total. The molecule has 0 radical (unpaired) electrons. The van der Waals surface area contributed by atoms with Crippen molar-refractivity contribution in [1.82, 2.24) is 14.8 Å². The minimum Gasteiger partial charge on any atom is -0.497 e. The largest absolute Gasteiger partial charge is 0.497 e. The van der Waals surface area contributed by atoms with E-state index in [0.29, 0.717) is 22.9 Å². The summed E-state index contributed by atoms with van der Waals surface area (Å²) in [6, 6.07) is 5.19. The van der Waals surface area contributed by atoms with Gasteiger partial charge in [0, 0.05) is 7.05 Å². The summed E-state index contributed by atoms with van der Waals surface area (Å²) in [4.78, 5) is 14.9. The molecule has 1 N–H and O–H groups in total. The highest BCUT2D eigenvalue weighted by molar-refractivity contribution is 5.84. The Hall–Kier alpha value is -2.57. The zero-order valence-corrected chi connectivity index (χ0v) is 10.7. The molecule has 0 amide bonds. The number of aromatic nitrogens is 3.